The van der Waals surface area contributed by atoms with Crippen molar-refractivity contribution in [3.63, 3.8) is 0 Å². The third-order valence-electron chi connectivity index (χ3n) is 2.18. The molecule has 0 amide bonds. The van der Waals surface area contributed by atoms with Gasteiger partial charge in [-0.1, -0.05) is 0 Å². The van der Waals surface area contributed by atoms with E-state index in [1.165, 1.54) is 0 Å². The Bertz CT molecular complexity index is 148. The molecule has 1 aliphatic heterocycles. The standard InChI is InChI=1S/C7H15NO4.ClH/c9-3-5(11)6-7(12)4(10)1-2-8-6;/h4-12H,1-3H2;1H/t4-,5-,6-,7+;/m1./s1. The molecule has 1 heterocycles. The molecule has 0 saturated carbocycles. The number of nitrogens with one attached hydrogen (secondary N) is 1. The third kappa shape index (κ3) is 3.05. The molecule has 5 N–H and O–H groups in total. The molecule has 6 heteroatoms. The summed E-state index contributed by atoms with van der Waals surface area (Å²) in [6, 6.07) is -0.626. The highest BCUT2D eigenvalue weighted by Crippen LogP contribution is 2.12. The van der Waals surface area contributed by atoms with Gasteiger partial charge in [0.05, 0.1) is 31.0 Å². The molecule has 0 spiro atoms. The topological polar surface area (TPSA) is 93.0 Å². The minimum absolute atomic E-state index is 0. The Morgan fingerprint density at radius 2 is 2.00 bits per heavy atom. The van der Waals surface area contributed by atoms with Crippen LogP contribution < -0.4 is 5.32 Å². The van der Waals surface area contributed by atoms with Crippen LogP contribution in [0.25, 0.3) is 0 Å². The van der Waals surface area contributed by atoms with E-state index in [1.54, 1.807) is 0 Å². The molecule has 0 aromatic rings. The molecular formula is C7H16ClNO4. The van der Waals surface area contributed by atoms with Crippen LogP contribution in [0.15, 0.2) is 0 Å². The summed E-state index contributed by atoms with van der Waals surface area (Å²) in [7, 11) is 0. The second-order valence-electron chi connectivity index (χ2n) is 3.08. The number of aliphatic hydroxyl groups is 4. The second kappa shape index (κ2) is 5.74. The minimum Gasteiger partial charge on any atom is -0.394 e. The fraction of sp³-hybridized carbons (Fsp3) is 1.00. The molecule has 0 aromatic carbocycles. The predicted octanol–water partition coefficient (Wildman–Crippen LogP) is -2.15. The smallest absolute Gasteiger partial charge is 0.0978 e. The van der Waals surface area contributed by atoms with Gasteiger partial charge in [0.1, 0.15) is 0 Å². The lowest BCUT2D eigenvalue weighted by molar-refractivity contribution is -0.0689. The Balaban J connectivity index is 0.00000144. The van der Waals surface area contributed by atoms with Gasteiger partial charge < -0.3 is 25.7 Å². The highest BCUT2D eigenvalue weighted by atomic mass is 35.5. The van der Waals surface area contributed by atoms with Crippen molar-refractivity contribution in [2.45, 2.75) is 30.8 Å². The maximum Gasteiger partial charge on any atom is 0.0978 e. The molecule has 0 radical (unpaired) electrons. The van der Waals surface area contributed by atoms with Gasteiger partial charge in [-0.3, -0.25) is 0 Å². The van der Waals surface area contributed by atoms with Gasteiger partial charge in [0.25, 0.3) is 0 Å². The van der Waals surface area contributed by atoms with Crippen molar-refractivity contribution in [1.82, 2.24) is 5.32 Å². The van der Waals surface area contributed by atoms with Crippen molar-refractivity contribution in [3.05, 3.63) is 0 Å². The molecule has 1 fully saturated rings. The molecule has 1 saturated heterocycles. The Morgan fingerprint density at radius 1 is 1.38 bits per heavy atom. The van der Waals surface area contributed by atoms with Crippen LogP contribution in [0.3, 0.4) is 0 Å². The zero-order valence-electron chi connectivity index (χ0n) is 7.13. The first-order valence-corrected chi connectivity index (χ1v) is 4.05. The number of hydrogen-bond acceptors (Lipinski definition) is 5. The van der Waals surface area contributed by atoms with Crippen molar-refractivity contribution in [2.75, 3.05) is 13.2 Å². The Morgan fingerprint density at radius 3 is 2.54 bits per heavy atom. The SMILES string of the molecule is Cl.OC[C@@H](O)[C@H]1NCC[C@@H](O)[C@@H]1O. The van der Waals surface area contributed by atoms with Crippen LogP contribution in [0.1, 0.15) is 6.42 Å². The van der Waals surface area contributed by atoms with Crippen LogP contribution in [0.4, 0.5) is 0 Å². The van der Waals surface area contributed by atoms with E-state index in [1.807, 2.05) is 0 Å². The van der Waals surface area contributed by atoms with Gasteiger partial charge in [0, 0.05) is 0 Å². The Labute approximate surface area is 82.8 Å². The van der Waals surface area contributed by atoms with Gasteiger partial charge in [-0.25, -0.2) is 0 Å². The van der Waals surface area contributed by atoms with Gasteiger partial charge in [0.15, 0.2) is 0 Å². The lowest BCUT2D eigenvalue weighted by Crippen LogP contribution is -2.58. The quantitative estimate of drug-likeness (QED) is 0.361. The first kappa shape index (κ1) is 13.1. The zero-order chi connectivity index (χ0) is 9.14. The molecule has 13 heavy (non-hydrogen) atoms. The molecule has 0 unspecified atom stereocenters. The first-order chi connectivity index (χ1) is 5.66. The molecule has 1 rings (SSSR count). The summed E-state index contributed by atoms with van der Waals surface area (Å²) in [6.07, 6.45) is -2.36. The van der Waals surface area contributed by atoms with Gasteiger partial charge in [-0.2, -0.15) is 0 Å². The molecule has 0 bridgehead atoms. The van der Waals surface area contributed by atoms with Crippen molar-refractivity contribution in [2.24, 2.45) is 0 Å². The van der Waals surface area contributed by atoms with Gasteiger partial charge >= 0.3 is 0 Å². The van der Waals surface area contributed by atoms with Crippen molar-refractivity contribution >= 4 is 12.4 Å². The molecule has 4 atom stereocenters. The van der Waals surface area contributed by atoms with Crippen molar-refractivity contribution < 1.29 is 20.4 Å². The number of aliphatic hydroxyl groups excluding tert-OH is 4. The normalized spacial score (nSPS) is 36.5. The molecule has 80 valence electrons. The largest absolute Gasteiger partial charge is 0.394 e. The number of piperidine rings is 1. The highest BCUT2D eigenvalue weighted by Gasteiger charge is 2.34. The van der Waals surface area contributed by atoms with Crippen LogP contribution in [0.5, 0.6) is 0 Å². The van der Waals surface area contributed by atoms with Gasteiger partial charge in [-0.15, -0.1) is 12.4 Å². The molecule has 5 nitrogen and oxygen atoms in total. The minimum atomic E-state index is -1.02. The number of rotatable bonds is 2. The molecular weight excluding hydrogens is 198 g/mol. The summed E-state index contributed by atoms with van der Waals surface area (Å²) in [4.78, 5) is 0. The average molecular weight is 214 g/mol. The summed E-state index contributed by atoms with van der Waals surface area (Å²) >= 11 is 0. The van der Waals surface area contributed by atoms with E-state index in [4.69, 9.17) is 5.11 Å². The maximum atomic E-state index is 9.36. The lowest BCUT2D eigenvalue weighted by Gasteiger charge is -2.35. The maximum absolute atomic E-state index is 9.36. The predicted molar refractivity (Wildman–Crippen MR) is 48.8 cm³/mol. The van der Waals surface area contributed by atoms with Gasteiger partial charge in [-0.05, 0) is 13.0 Å². The van der Waals surface area contributed by atoms with Gasteiger partial charge in [0.2, 0.25) is 0 Å². The molecule has 0 aliphatic carbocycles. The third-order valence-corrected chi connectivity index (χ3v) is 2.18. The fourth-order valence-electron chi connectivity index (χ4n) is 1.41. The second-order valence-corrected chi connectivity index (χ2v) is 3.08. The zero-order valence-corrected chi connectivity index (χ0v) is 7.94. The lowest BCUT2D eigenvalue weighted by atomic mass is 9.94. The van der Waals surface area contributed by atoms with Crippen molar-refractivity contribution in [1.29, 1.82) is 0 Å². The number of halogens is 1. The van der Waals surface area contributed by atoms with E-state index in [0.717, 1.165) is 0 Å². The van der Waals surface area contributed by atoms with Crippen LogP contribution in [-0.2, 0) is 0 Å². The van der Waals surface area contributed by atoms with Crippen LogP contribution >= 0.6 is 12.4 Å². The summed E-state index contributed by atoms with van der Waals surface area (Å²) < 4.78 is 0. The van der Waals surface area contributed by atoms with E-state index in [9.17, 15) is 15.3 Å². The Kier molecular flexibility index (Phi) is 5.78. The summed E-state index contributed by atoms with van der Waals surface area (Å²) in [5.41, 5.74) is 0. The van der Waals surface area contributed by atoms with E-state index in [0.29, 0.717) is 13.0 Å². The van der Waals surface area contributed by atoms with E-state index < -0.39 is 31.0 Å². The van der Waals surface area contributed by atoms with E-state index in [2.05, 4.69) is 5.32 Å². The average Bonchev–Trinajstić information content (AvgIpc) is 2.08. The van der Waals surface area contributed by atoms with Crippen LogP contribution in [0.2, 0.25) is 0 Å². The first-order valence-electron chi connectivity index (χ1n) is 4.05. The van der Waals surface area contributed by atoms with E-state index >= 15 is 0 Å². The Hall–Kier alpha value is 0.0900. The highest BCUT2D eigenvalue weighted by molar-refractivity contribution is 5.85. The molecule has 0 aromatic heterocycles. The summed E-state index contributed by atoms with van der Waals surface area (Å²) in [5, 5.41) is 39.2. The summed E-state index contributed by atoms with van der Waals surface area (Å²) in [5.74, 6) is 0. The fourth-order valence-corrected chi connectivity index (χ4v) is 1.41. The van der Waals surface area contributed by atoms with Crippen LogP contribution in [-0.4, -0.2) is 57.9 Å². The van der Waals surface area contributed by atoms with Crippen molar-refractivity contribution in [3.8, 4) is 0 Å². The monoisotopic (exact) mass is 213 g/mol. The summed E-state index contributed by atoms with van der Waals surface area (Å²) in [6.45, 7) is 0.126. The van der Waals surface area contributed by atoms with Crippen LogP contribution in [0, 0.1) is 0 Å². The molecule has 1 aliphatic rings. The number of hydrogen-bond donors (Lipinski definition) is 5. The van der Waals surface area contributed by atoms with E-state index in [-0.39, 0.29) is 12.4 Å².